The summed E-state index contributed by atoms with van der Waals surface area (Å²) in [7, 11) is 0. The molecule has 0 radical (unpaired) electrons. The molecule has 0 aliphatic rings. The monoisotopic (exact) mass is 290 g/mol. The predicted octanol–water partition coefficient (Wildman–Crippen LogP) is 2.13. The van der Waals surface area contributed by atoms with E-state index in [-0.39, 0.29) is 5.91 Å². The summed E-state index contributed by atoms with van der Waals surface area (Å²) in [6, 6.07) is 5.31. The van der Waals surface area contributed by atoms with Crippen molar-refractivity contribution in [3.05, 3.63) is 30.2 Å². The van der Waals surface area contributed by atoms with Gasteiger partial charge in [-0.25, -0.2) is 0 Å². The number of furan rings is 1. The molecule has 6 heteroatoms. The van der Waals surface area contributed by atoms with Crippen molar-refractivity contribution < 1.29 is 9.21 Å². The largest absolute Gasteiger partial charge is 0.463 e. The highest BCUT2D eigenvalue weighted by Gasteiger charge is 2.12. The number of nitrogens with one attached hydrogen (secondary N) is 2. The van der Waals surface area contributed by atoms with Crippen molar-refractivity contribution in [3.8, 4) is 11.5 Å². The van der Waals surface area contributed by atoms with Crippen molar-refractivity contribution in [2.75, 3.05) is 26.2 Å². The summed E-state index contributed by atoms with van der Waals surface area (Å²) < 4.78 is 5.25. The number of nitrogens with zero attached hydrogens (tertiary/aromatic N) is 2. The van der Waals surface area contributed by atoms with Gasteiger partial charge in [-0.05, 0) is 38.2 Å². The first-order valence-electron chi connectivity index (χ1n) is 7.34. The van der Waals surface area contributed by atoms with Crippen molar-refractivity contribution in [2.24, 2.45) is 0 Å². The molecule has 0 unspecified atom stereocenters. The van der Waals surface area contributed by atoms with E-state index in [1.165, 1.54) is 0 Å². The van der Waals surface area contributed by atoms with Crippen LogP contribution in [0.2, 0.25) is 0 Å². The van der Waals surface area contributed by atoms with Crippen LogP contribution in [0.15, 0.2) is 28.9 Å². The van der Waals surface area contributed by atoms with Crippen LogP contribution in [0.1, 0.15) is 30.8 Å². The van der Waals surface area contributed by atoms with E-state index in [4.69, 9.17) is 4.42 Å². The lowest BCUT2D eigenvalue weighted by atomic mass is 10.3. The molecule has 2 rings (SSSR count). The minimum atomic E-state index is -0.163. The molecule has 0 aliphatic carbocycles. The second-order valence-electron chi connectivity index (χ2n) is 4.78. The molecule has 114 valence electrons. The van der Waals surface area contributed by atoms with Gasteiger partial charge in [-0.1, -0.05) is 13.8 Å². The van der Waals surface area contributed by atoms with Gasteiger partial charge in [-0.2, -0.15) is 5.10 Å². The van der Waals surface area contributed by atoms with Gasteiger partial charge in [0.2, 0.25) is 0 Å². The van der Waals surface area contributed by atoms with Crippen LogP contribution in [0.3, 0.4) is 0 Å². The molecular formula is C15H22N4O2. The van der Waals surface area contributed by atoms with Crippen LogP contribution in [-0.2, 0) is 0 Å². The smallest absolute Gasteiger partial charge is 0.271 e. The molecule has 0 saturated heterocycles. The number of carbonyl (C=O) groups excluding carboxylic acids is 1. The number of aromatic nitrogens is 2. The molecule has 2 heterocycles. The Labute approximate surface area is 124 Å². The zero-order valence-electron chi connectivity index (χ0n) is 12.6. The predicted molar refractivity (Wildman–Crippen MR) is 81.0 cm³/mol. The van der Waals surface area contributed by atoms with Gasteiger partial charge in [0, 0.05) is 12.6 Å². The molecule has 0 aromatic carbocycles. The molecule has 0 atom stereocenters. The van der Waals surface area contributed by atoms with Crippen LogP contribution < -0.4 is 5.32 Å². The molecule has 21 heavy (non-hydrogen) atoms. The van der Waals surface area contributed by atoms with Crippen molar-refractivity contribution >= 4 is 5.91 Å². The molecule has 2 aromatic rings. The minimum Gasteiger partial charge on any atom is -0.463 e. The van der Waals surface area contributed by atoms with Crippen LogP contribution in [0.25, 0.3) is 11.5 Å². The molecular weight excluding hydrogens is 268 g/mol. The summed E-state index contributed by atoms with van der Waals surface area (Å²) in [6.45, 7) is 8.00. The standard InChI is InChI=1S/C15H22N4O2/c1-3-19(4-2)9-6-8-16-15(20)13-11-12(17-18-13)14-7-5-10-21-14/h5,7,10-11H,3-4,6,8-9H2,1-2H3,(H,16,20)(H,17,18). The Balaban J connectivity index is 1.79. The van der Waals surface area contributed by atoms with E-state index in [0.717, 1.165) is 26.1 Å². The third-order valence-electron chi connectivity index (χ3n) is 3.43. The van der Waals surface area contributed by atoms with Crippen molar-refractivity contribution in [2.45, 2.75) is 20.3 Å². The highest BCUT2D eigenvalue weighted by Crippen LogP contribution is 2.17. The Bertz CT molecular complexity index is 544. The Morgan fingerprint density at radius 1 is 1.43 bits per heavy atom. The molecule has 0 saturated carbocycles. The summed E-state index contributed by atoms with van der Waals surface area (Å²) in [5.41, 5.74) is 1.08. The number of hydrogen-bond acceptors (Lipinski definition) is 4. The summed E-state index contributed by atoms with van der Waals surface area (Å²) >= 11 is 0. The van der Waals surface area contributed by atoms with Gasteiger partial charge in [-0.15, -0.1) is 0 Å². The fourth-order valence-electron chi connectivity index (χ4n) is 2.13. The first-order chi connectivity index (χ1) is 10.2. The number of H-pyrrole nitrogens is 1. The highest BCUT2D eigenvalue weighted by atomic mass is 16.3. The number of carbonyl (C=O) groups is 1. The molecule has 0 fully saturated rings. The fourth-order valence-corrected chi connectivity index (χ4v) is 2.13. The average molecular weight is 290 g/mol. The van der Waals surface area contributed by atoms with Gasteiger partial charge in [0.25, 0.3) is 5.91 Å². The van der Waals surface area contributed by atoms with Gasteiger partial charge in [0.15, 0.2) is 11.5 Å². The second kappa shape index (κ2) is 7.64. The maximum atomic E-state index is 12.0. The zero-order valence-corrected chi connectivity index (χ0v) is 12.6. The lowest BCUT2D eigenvalue weighted by Gasteiger charge is -2.17. The van der Waals surface area contributed by atoms with E-state index in [2.05, 4.69) is 34.3 Å². The normalized spacial score (nSPS) is 11.0. The summed E-state index contributed by atoms with van der Waals surface area (Å²) in [4.78, 5) is 14.3. The van der Waals surface area contributed by atoms with Gasteiger partial charge >= 0.3 is 0 Å². The minimum absolute atomic E-state index is 0.163. The van der Waals surface area contributed by atoms with Gasteiger partial charge in [0.1, 0.15) is 5.69 Å². The Hall–Kier alpha value is -2.08. The van der Waals surface area contributed by atoms with E-state index in [1.807, 2.05) is 6.07 Å². The summed E-state index contributed by atoms with van der Waals surface area (Å²) in [5.74, 6) is 0.506. The van der Waals surface area contributed by atoms with Gasteiger partial charge in [-0.3, -0.25) is 9.89 Å². The molecule has 1 amide bonds. The highest BCUT2D eigenvalue weighted by molar-refractivity contribution is 5.93. The third-order valence-corrected chi connectivity index (χ3v) is 3.43. The number of hydrogen-bond donors (Lipinski definition) is 2. The van der Waals surface area contributed by atoms with E-state index in [1.54, 1.807) is 18.4 Å². The Kier molecular flexibility index (Phi) is 5.57. The topological polar surface area (TPSA) is 74.2 Å². The van der Waals surface area contributed by atoms with E-state index in [0.29, 0.717) is 23.7 Å². The molecule has 0 spiro atoms. The van der Waals surface area contributed by atoms with E-state index >= 15 is 0 Å². The molecule has 0 bridgehead atoms. The van der Waals surface area contributed by atoms with Crippen molar-refractivity contribution in [1.29, 1.82) is 0 Å². The van der Waals surface area contributed by atoms with Crippen molar-refractivity contribution in [1.82, 2.24) is 20.4 Å². The lowest BCUT2D eigenvalue weighted by Crippen LogP contribution is -2.30. The molecule has 0 aliphatic heterocycles. The summed E-state index contributed by atoms with van der Waals surface area (Å²) in [5, 5.41) is 9.70. The number of amides is 1. The fraction of sp³-hybridized carbons (Fsp3) is 0.467. The molecule has 2 N–H and O–H groups in total. The lowest BCUT2D eigenvalue weighted by molar-refractivity contribution is 0.0947. The maximum Gasteiger partial charge on any atom is 0.271 e. The first kappa shape index (κ1) is 15.3. The number of aromatic amines is 1. The van der Waals surface area contributed by atoms with Crippen molar-refractivity contribution in [3.63, 3.8) is 0 Å². The van der Waals surface area contributed by atoms with E-state index < -0.39 is 0 Å². The van der Waals surface area contributed by atoms with Crippen LogP contribution in [-0.4, -0.2) is 47.2 Å². The molecule has 6 nitrogen and oxygen atoms in total. The second-order valence-corrected chi connectivity index (χ2v) is 4.78. The van der Waals surface area contributed by atoms with E-state index in [9.17, 15) is 4.79 Å². The van der Waals surface area contributed by atoms with Gasteiger partial charge < -0.3 is 14.6 Å². The molecule has 2 aromatic heterocycles. The zero-order chi connectivity index (χ0) is 15.1. The van der Waals surface area contributed by atoms with Gasteiger partial charge in [0.05, 0.1) is 6.26 Å². The number of rotatable bonds is 8. The van der Waals surface area contributed by atoms with Crippen LogP contribution in [0.4, 0.5) is 0 Å². The Morgan fingerprint density at radius 3 is 2.90 bits per heavy atom. The maximum absolute atomic E-state index is 12.0. The SMILES string of the molecule is CCN(CC)CCCNC(=O)c1cc(-c2ccco2)[nH]n1. The van der Waals surface area contributed by atoms with Crippen LogP contribution in [0, 0.1) is 0 Å². The van der Waals surface area contributed by atoms with Crippen LogP contribution >= 0.6 is 0 Å². The summed E-state index contributed by atoms with van der Waals surface area (Å²) in [6.07, 6.45) is 2.52. The first-order valence-corrected chi connectivity index (χ1v) is 7.34. The quantitative estimate of drug-likeness (QED) is 0.730. The average Bonchev–Trinajstić information content (AvgIpc) is 3.17. The third kappa shape index (κ3) is 4.19. The Morgan fingerprint density at radius 2 is 2.24 bits per heavy atom. The van der Waals surface area contributed by atoms with Crippen LogP contribution in [0.5, 0.6) is 0 Å².